The number of rotatable bonds is 5. The van der Waals surface area contributed by atoms with Crippen LogP contribution in [-0.4, -0.2) is 32.9 Å². The molecule has 1 N–H and O–H groups in total. The molecule has 0 bridgehead atoms. The van der Waals surface area contributed by atoms with E-state index in [0.717, 1.165) is 12.1 Å². The van der Waals surface area contributed by atoms with Gasteiger partial charge in [-0.05, 0) is 29.8 Å². The van der Waals surface area contributed by atoms with E-state index in [0.29, 0.717) is 29.7 Å². The highest BCUT2D eigenvalue weighted by Gasteiger charge is 2.28. The van der Waals surface area contributed by atoms with E-state index in [1.54, 1.807) is 37.4 Å². The van der Waals surface area contributed by atoms with Gasteiger partial charge >= 0.3 is 0 Å². The van der Waals surface area contributed by atoms with Gasteiger partial charge in [0.25, 0.3) is 0 Å². The number of hydrogen-bond acceptors (Lipinski definition) is 4. The highest BCUT2D eigenvalue weighted by atomic mass is 35.5. The maximum absolute atomic E-state index is 13.3. The molecule has 0 radical (unpaired) electrons. The molecule has 1 aliphatic rings. The second-order valence-electron chi connectivity index (χ2n) is 5.50. The van der Waals surface area contributed by atoms with E-state index in [-0.39, 0.29) is 11.9 Å². The molecule has 24 heavy (non-hydrogen) atoms. The van der Waals surface area contributed by atoms with Crippen molar-refractivity contribution in [2.75, 3.05) is 26.8 Å². The van der Waals surface area contributed by atoms with Gasteiger partial charge in [0.05, 0.1) is 13.7 Å². The summed E-state index contributed by atoms with van der Waals surface area (Å²) in [6, 6.07) is 11.4. The molecule has 1 aliphatic heterocycles. The number of benzene rings is 2. The van der Waals surface area contributed by atoms with Crippen molar-refractivity contribution in [3.8, 4) is 11.5 Å². The Labute approximate surface area is 145 Å². The summed E-state index contributed by atoms with van der Waals surface area (Å²) < 4.78 is 30.6. The third-order valence-electron chi connectivity index (χ3n) is 3.87. The molecule has 3 rings (SSSR count). The Kier molecular flexibility index (Phi) is 5.56. The average molecular weight is 352 g/mol. The molecule has 1 saturated heterocycles. The van der Waals surface area contributed by atoms with Crippen LogP contribution in [-0.2, 0) is 4.74 Å². The number of hydrogen-bond donors (Lipinski definition) is 1. The van der Waals surface area contributed by atoms with Gasteiger partial charge in [-0.2, -0.15) is 0 Å². The molecule has 0 spiro atoms. The molecular formula is C18H19ClFNO3. The van der Waals surface area contributed by atoms with Gasteiger partial charge in [-0.25, -0.2) is 4.39 Å². The van der Waals surface area contributed by atoms with Crippen molar-refractivity contribution in [2.45, 2.75) is 12.2 Å². The van der Waals surface area contributed by atoms with Crippen LogP contribution in [0.15, 0.2) is 42.5 Å². The van der Waals surface area contributed by atoms with Crippen molar-refractivity contribution in [1.29, 1.82) is 0 Å². The SMILES string of the molecule is COc1cc(Cl)ccc1O[C@@H](c1ccc(F)cc1)[C@@H]1CNCCO1. The predicted molar refractivity (Wildman–Crippen MR) is 90.4 cm³/mol. The van der Waals surface area contributed by atoms with Crippen LogP contribution in [0.4, 0.5) is 4.39 Å². The summed E-state index contributed by atoms with van der Waals surface area (Å²) in [6.45, 7) is 2.05. The Morgan fingerprint density at radius 1 is 1.21 bits per heavy atom. The Hall–Kier alpha value is -1.82. The third-order valence-corrected chi connectivity index (χ3v) is 4.11. The molecule has 4 nitrogen and oxygen atoms in total. The molecule has 6 heteroatoms. The molecule has 0 unspecified atom stereocenters. The first-order chi connectivity index (χ1) is 11.7. The minimum Gasteiger partial charge on any atom is -0.493 e. The van der Waals surface area contributed by atoms with E-state index < -0.39 is 6.10 Å². The Morgan fingerprint density at radius 2 is 2.00 bits per heavy atom. The summed E-state index contributed by atoms with van der Waals surface area (Å²) in [5, 5.41) is 3.85. The van der Waals surface area contributed by atoms with Crippen LogP contribution in [0.25, 0.3) is 0 Å². The zero-order chi connectivity index (χ0) is 16.9. The maximum atomic E-state index is 13.3. The molecule has 1 fully saturated rings. The first-order valence-electron chi connectivity index (χ1n) is 7.75. The van der Waals surface area contributed by atoms with Crippen molar-refractivity contribution in [3.05, 3.63) is 58.9 Å². The van der Waals surface area contributed by atoms with E-state index in [9.17, 15) is 4.39 Å². The van der Waals surface area contributed by atoms with Gasteiger partial charge < -0.3 is 19.5 Å². The van der Waals surface area contributed by atoms with Crippen LogP contribution in [0.2, 0.25) is 5.02 Å². The number of halogens is 2. The fourth-order valence-corrected chi connectivity index (χ4v) is 2.83. The van der Waals surface area contributed by atoms with Crippen molar-refractivity contribution < 1.29 is 18.6 Å². The van der Waals surface area contributed by atoms with Crippen molar-refractivity contribution in [2.24, 2.45) is 0 Å². The van der Waals surface area contributed by atoms with Gasteiger partial charge in [0.2, 0.25) is 0 Å². The fourth-order valence-electron chi connectivity index (χ4n) is 2.67. The normalized spacial score (nSPS) is 18.9. The van der Waals surface area contributed by atoms with Crippen LogP contribution in [0.3, 0.4) is 0 Å². The minimum absolute atomic E-state index is 0.190. The minimum atomic E-state index is -0.395. The standard InChI is InChI=1S/C18H19ClFNO3/c1-22-16-10-13(19)4-7-15(16)24-18(17-11-21-8-9-23-17)12-2-5-14(20)6-3-12/h2-7,10,17-18,21H,8-9,11H2,1H3/t17-,18-/m0/s1. The quantitative estimate of drug-likeness (QED) is 0.893. The van der Waals surface area contributed by atoms with Gasteiger partial charge in [-0.3, -0.25) is 0 Å². The van der Waals surface area contributed by atoms with E-state index in [4.69, 9.17) is 25.8 Å². The lowest BCUT2D eigenvalue weighted by Crippen LogP contribution is -2.43. The largest absolute Gasteiger partial charge is 0.493 e. The van der Waals surface area contributed by atoms with Crippen LogP contribution in [0.5, 0.6) is 11.5 Å². The van der Waals surface area contributed by atoms with Crippen molar-refractivity contribution >= 4 is 11.6 Å². The van der Waals surface area contributed by atoms with Crippen LogP contribution >= 0.6 is 11.6 Å². The maximum Gasteiger partial charge on any atom is 0.162 e. The van der Waals surface area contributed by atoms with Gasteiger partial charge in [-0.1, -0.05) is 23.7 Å². The van der Waals surface area contributed by atoms with Crippen LogP contribution in [0.1, 0.15) is 11.7 Å². The zero-order valence-corrected chi connectivity index (χ0v) is 14.1. The number of nitrogens with one attached hydrogen (secondary N) is 1. The fraction of sp³-hybridized carbons (Fsp3) is 0.333. The molecule has 0 amide bonds. The summed E-state index contributed by atoms with van der Waals surface area (Å²) in [4.78, 5) is 0. The second kappa shape index (κ2) is 7.83. The highest BCUT2D eigenvalue weighted by Crippen LogP contribution is 2.35. The van der Waals surface area contributed by atoms with Gasteiger partial charge in [0, 0.05) is 24.2 Å². The van der Waals surface area contributed by atoms with E-state index in [2.05, 4.69) is 5.32 Å². The van der Waals surface area contributed by atoms with E-state index in [1.807, 2.05) is 0 Å². The summed E-state index contributed by atoms with van der Waals surface area (Å²) in [5.41, 5.74) is 0.835. The Morgan fingerprint density at radius 3 is 2.67 bits per heavy atom. The highest BCUT2D eigenvalue weighted by molar-refractivity contribution is 6.30. The molecule has 0 aromatic heterocycles. The first-order valence-corrected chi connectivity index (χ1v) is 8.13. The molecule has 2 aromatic rings. The molecule has 2 atom stereocenters. The molecule has 0 saturated carbocycles. The first kappa shape index (κ1) is 17.0. The number of methoxy groups -OCH3 is 1. The summed E-state index contributed by atoms with van der Waals surface area (Å²) >= 11 is 6.00. The van der Waals surface area contributed by atoms with Gasteiger partial charge in [0.1, 0.15) is 11.9 Å². The van der Waals surface area contributed by atoms with Gasteiger partial charge in [-0.15, -0.1) is 0 Å². The van der Waals surface area contributed by atoms with Crippen molar-refractivity contribution in [1.82, 2.24) is 5.32 Å². The number of ether oxygens (including phenoxy) is 3. The predicted octanol–water partition coefficient (Wildman–Crippen LogP) is 3.60. The third kappa shape index (κ3) is 3.98. The van der Waals surface area contributed by atoms with E-state index in [1.165, 1.54) is 12.1 Å². The van der Waals surface area contributed by atoms with Gasteiger partial charge in [0.15, 0.2) is 17.6 Å². The smallest absolute Gasteiger partial charge is 0.162 e. The zero-order valence-electron chi connectivity index (χ0n) is 13.3. The van der Waals surface area contributed by atoms with Crippen LogP contribution < -0.4 is 14.8 Å². The Balaban J connectivity index is 1.91. The average Bonchev–Trinajstić information content (AvgIpc) is 2.62. The van der Waals surface area contributed by atoms with Crippen molar-refractivity contribution in [3.63, 3.8) is 0 Å². The van der Waals surface area contributed by atoms with E-state index >= 15 is 0 Å². The topological polar surface area (TPSA) is 39.7 Å². The molecule has 2 aromatic carbocycles. The lowest BCUT2D eigenvalue weighted by molar-refractivity contribution is -0.0438. The summed E-state index contributed by atoms with van der Waals surface area (Å²) in [7, 11) is 1.56. The molecule has 1 heterocycles. The molecule has 128 valence electrons. The molecular weight excluding hydrogens is 333 g/mol. The lowest BCUT2D eigenvalue weighted by atomic mass is 10.0. The second-order valence-corrected chi connectivity index (χ2v) is 5.93. The summed E-state index contributed by atoms with van der Waals surface area (Å²) in [5.74, 6) is 0.813. The lowest BCUT2D eigenvalue weighted by Gasteiger charge is -2.32. The Bertz CT molecular complexity index is 674. The number of morpholine rings is 1. The molecule has 0 aliphatic carbocycles. The monoisotopic (exact) mass is 351 g/mol. The van der Waals surface area contributed by atoms with Crippen LogP contribution in [0, 0.1) is 5.82 Å². The summed E-state index contributed by atoms with van der Waals surface area (Å²) in [6.07, 6.45) is -0.585.